The van der Waals surface area contributed by atoms with Gasteiger partial charge in [0.1, 0.15) is 5.75 Å². The zero-order chi connectivity index (χ0) is 22.1. The van der Waals surface area contributed by atoms with Gasteiger partial charge >= 0.3 is 5.69 Å². The number of benzene rings is 1. The van der Waals surface area contributed by atoms with Crippen LogP contribution < -0.4 is 10.4 Å². The Bertz CT molecular complexity index is 935. The topological polar surface area (TPSA) is 42.6 Å². The van der Waals surface area contributed by atoms with Crippen LogP contribution in [-0.4, -0.2) is 64.3 Å². The van der Waals surface area contributed by atoms with E-state index in [1.165, 1.54) is 45.2 Å². The van der Waals surface area contributed by atoms with E-state index in [1.807, 2.05) is 41.2 Å². The van der Waals surface area contributed by atoms with Crippen molar-refractivity contribution in [3.05, 3.63) is 47.1 Å². The highest BCUT2D eigenvalue weighted by molar-refractivity contribution is 5.37. The second kappa shape index (κ2) is 9.44. The van der Waals surface area contributed by atoms with Crippen LogP contribution in [0.25, 0.3) is 5.69 Å². The van der Waals surface area contributed by atoms with E-state index >= 15 is 0 Å². The van der Waals surface area contributed by atoms with Crippen molar-refractivity contribution in [1.82, 2.24) is 18.9 Å². The lowest BCUT2D eigenvalue weighted by Gasteiger charge is -2.38. The monoisotopic (exact) mass is 438 g/mol. The molecule has 0 bridgehead atoms. The fraction of sp³-hybridized carbons (Fsp3) is 0.654. The van der Waals surface area contributed by atoms with E-state index in [4.69, 9.17) is 4.74 Å². The third-order valence-electron chi connectivity index (χ3n) is 8.10. The normalized spacial score (nSPS) is 27.4. The summed E-state index contributed by atoms with van der Waals surface area (Å²) in [6.07, 6.45) is 14.9. The molecule has 2 heterocycles. The van der Waals surface area contributed by atoms with Crippen LogP contribution in [0.2, 0.25) is 0 Å². The first-order valence-electron chi connectivity index (χ1n) is 12.6. The highest BCUT2D eigenvalue weighted by Crippen LogP contribution is 2.32. The van der Waals surface area contributed by atoms with E-state index in [-0.39, 0.29) is 5.69 Å². The Hall–Kier alpha value is -2.05. The van der Waals surface area contributed by atoms with Gasteiger partial charge in [0.25, 0.3) is 0 Å². The lowest BCUT2D eigenvalue weighted by atomic mass is 9.89. The van der Waals surface area contributed by atoms with Gasteiger partial charge in [-0.3, -0.25) is 14.0 Å². The Morgan fingerprint density at radius 3 is 2.28 bits per heavy atom. The second-order valence-corrected chi connectivity index (χ2v) is 10.2. The van der Waals surface area contributed by atoms with Gasteiger partial charge in [-0.15, -0.1) is 0 Å². The summed E-state index contributed by atoms with van der Waals surface area (Å²) in [5.74, 6) is 0.907. The van der Waals surface area contributed by atoms with Crippen molar-refractivity contribution in [2.24, 2.45) is 0 Å². The van der Waals surface area contributed by atoms with Crippen LogP contribution in [0.15, 0.2) is 41.5 Å². The van der Waals surface area contributed by atoms with Crippen LogP contribution in [-0.2, 0) is 0 Å². The van der Waals surface area contributed by atoms with Crippen molar-refractivity contribution < 1.29 is 4.74 Å². The first-order valence-corrected chi connectivity index (χ1v) is 12.6. The molecule has 6 nitrogen and oxygen atoms in total. The summed E-state index contributed by atoms with van der Waals surface area (Å²) >= 11 is 0. The number of rotatable bonds is 6. The van der Waals surface area contributed by atoms with Gasteiger partial charge in [0.15, 0.2) is 0 Å². The van der Waals surface area contributed by atoms with Crippen molar-refractivity contribution in [3.8, 4) is 11.4 Å². The van der Waals surface area contributed by atoms with E-state index in [0.29, 0.717) is 24.2 Å². The molecular weight excluding hydrogens is 400 g/mol. The molecule has 0 N–H and O–H groups in total. The van der Waals surface area contributed by atoms with Crippen molar-refractivity contribution in [3.63, 3.8) is 0 Å². The van der Waals surface area contributed by atoms with Gasteiger partial charge in [-0.1, -0.05) is 0 Å². The molecule has 1 saturated heterocycles. The van der Waals surface area contributed by atoms with Gasteiger partial charge in [-0.2, -0.15) is 0 Å². The Morgan fingerprint density at radius 1 is 0.906 bits per heavy atom. The average Bonchev–Trinajstić information content (AvgIpc) is 3.56. The van der Waals surface area contributed by atoms with Gasteiger partial charge in [-0.25, -0.2) is 4.79 Å². The maximum atomic E-state index is 13.2. The molecule has 1 aromatic heterocycles. The van der Waals surface area contributed by atoms with Crippen LogP contribution in [0.4, 0.5) is 0 Å². The Balaban J connectivity index is 1.20. The zero-order valence-electron chi connectivity index (χ0n) is 19.7. The molecule has 0 amide bonds. The largest absolute Gasteiger partial charge is 0.490 e. The van der Waals surface area contributed by atoms with E-state index in [9.17, 15) is 4.79 Å². The lowest BCUT2D eigenvalue weighted by molar-refractivity contribution is 0.123. The molecule has 1 unspecified atom stereocenters. The first kappa shape index (κ1) is 21.8. The highest BCUT2D eigenvalue weighted by Gasteiger charge is 2.31. The molecule has 2 aromatic rings. The summed E-state index contributed by atoms with van der Waals surface area (Å²) in [5.41, 5.74) is 0.981. The van der Waals surface area contributed by atoms with Crippen LogP contribution in [0.3, 0.4) is 0 Å². The molecule has 1 aromatic carbocycles. The van der Waals surface area contributed by atoms with E-state index in [0.717, 1.165) is 37.1 Å². The van der Waals surface area contributed by atoms with Crippen molar-refractivity contribution in [2.75, 3.05) is 27.2 Å². The maximum Gasteiger partial charge on any atom is 0.332 e. The molecule has 5 rings (SSSR count). The minimum Gasteiger partial charge on any atom is -0.490 e. The number of likely N-dealkylation sites (tertiary alicyclic amines) is 1. The molecule has 0 radical (unpaired) electrons. The second-order valence-electron chi connectivity index (χ2n) is 10.2. The number of aromatic nitrogens is 2. The number of likely N-dealkylation sites (N-methyl/N-ethyl adjacent to an activating group) is 2. The van der Waals surface area contributed by atoms with Crippen LogP contribution in [0, 0.1) is 0 Å². The summed E-state index contributed by atoms with van der Waals surface area (Å²) < 4.78 is 9.80. The number of nitrogens with zero attached hydrogens (tertiary/aromatic N) is 4. The van der Waals surface area contributed by atoms with Gasteiger partial charge in [0, 0.05) is 37.1 Å². The van der Waals surface area contributed by atoms with Crippen LogP contribution >= 0.6 is 0 Å². The molecular formula is C26H38N4O2. The Labute approximate surface area is 191 Å². The average molecular weight is 439 g/mol. The molecule has 2 aliphatic carbocycles. The highest BCUT2D eigenvalue weighted by atomic mass is 16.5. The SMILES string of the molecule is CN1CCC(N(C)C2CCC(n3ccn(-c4ccc(OC5CCCC5)cc4)c3=O)CC2)C1. The summed E-state index contributed by atoms with van der Waals surface area (Å²) in [7, 11) is 4.52. The van der Waals surface area contributed by atoms with E-state index in [1.54, 1.807) is 4.57 Å². The molecule has 1 atom stereocenters. The predicted octanol–water partition coefficient (Wildman–Crippen LogP) is 4.08. The number of hydrogen-bond donors (Lipinski definition) is 0. The van der Waals surface area contributed by atoms with Crippen molar-refractivity contribution in [1.29, 1.82) is 0 Å². The molecule has 2 saturated carbocycles. The molecule has 3 fully saturated rings. The molecule has 6 heteroatoms. The standard InChI is InChI=1S/C26H38N4O2/c1-27-16-15-23(19-27)28(2)20-7-9-21(10-8-20)29-17-18-30(26(29)31)22-11-13-25(14-12-22)32-24-5-3-4-6-24/h11-14,17-18,20-21,23-24H,3-10,15-16,19H2,1-2H3. The van der Waals surface area contributed by atoms with Gasteiger partial charge < -0.3 is 9.64 Å². The van der Waals surface area contributed by atoms with Gasteiger partial charge in [-0.05, 0) is 103 Å². The molecule has 0 spiro atoms. The van der Waals surface area contributed by atoms with Gasteiger partial charge in [0.05, 0.1) is 11.8 Å². The smallest absolute Gasteiger partial charge is 0.332 e. The minimum atomic E-state index is 0.0729. The fourth-order valence-corrected chi connectivity index (χ4v) is 6.03. The molecule has 3 aliphatic rings. The first-order chi connectivity index (χ1) is 15.6. The Kier molecular flexibility index (Phi) is 6.42. The number of imidazole rings is 1. The summed E-state index contributed by atoms with van der Waals surface area (Å²) in [5, 5.41) is 0. The number of ether oxygens (including phenoxy) is 1. The summed E-state index contributed by atoms with van der Waals surface area (Å²) in [4.78, 5) is 18.2. The molecule has 174 valence electrons. The third kappa shape index (κ3) is 4.53. The lowest BCUT2D eigenvalue weighted by Crippen LogP contribution is -2.44. The van der Waals surface area contributed by atoms with E-state index in [2.05, 4.69) is 23.9 Å². The maximum absolute atomic E-state index is 13.2. The predicted molar refractivity (Wildman–Crippen MR) is 128 cm³/mol. The molecule has 1 aliphatic heterocycles. The Morgan fingerprint density at radius 2 is 1.62 bits per heavy atom. The fourth-order valence-electron chi connectivity index (χ4n) is 6.03. The summed E-state index contributed by atoms with van der Waals surface area (Å²) in [6.45, 7) is 2.39. The zero-order valence-corrected chi connectivity index (χ0v) is 19.7. The van der Waals surface area contributed by atoms with E-state index < -0.39 is 0 Å². The quantitative estimate of drug-likeness (QED) is 0.682. The number of hydrogen-bond acceptors (Lipinski definition) is 4. The van der Waals surface area contributed by atoms with Crippen molar-refractivity contribution >= 4 is 0 Å². The van der Waals surface area contributed by atoms with Gasteiger partial charge in [0.2, 0.25) is 0 Å². The van der Waals surface area contributed by atoms with Crippen LogP contribution in [0.5, 0.6) is 5.75 Å². The molecule has 32 heavy (non-hydrogen) atoms. The minimum absolute atomic E-state index is 0.0729. The van der Waals surface area contributed by atoms with Crippen molar-refractivity contribution in [2.45, 2.75) is 82.0 Å². The van der Waals surface area contributed by atoms with Crippen LogP contribution in [0.1, 0.15) is 63.8 Å². The third-order valence-corrected chi connectivity index (χ3v) is 8.10. The summed E-state index contributed by atoms with van der Waals surface area (Å²) in [6, 6.07) is 9.64.